The van der Waals surface area contributed by atoms with Crippen LogP contribution in [0.5, 0.6) is 0 Å². The Hall–Kier alpha value is -1.39. The van der Waals surface area contributed by atoms with Crippen LogP contribution in [0.15, 0.2) is 24.3 Å². The first kappa shape index (κ1) is 12.1. The average molecular weight is 233 g/mol. The van der Waals surface area contributed by atoms with Crippen molar-refractivity contribution in [3.8, 4) is 0 Å². The van der Waals surface area contributed by atoms with Crippen LogP contribution < -0.4 is 11.5 Å². The number of amides is 1. The number of primary amides is 1. The van der Waals surface area contributed by atoms with Crippen molar-refractivity contribution in [1.29, 1.82) is 0 Å². The molecule has 4 heteroatoms. The second kappa shape index (κ2) is 5.29. The average Bonchev–Trinajstić information content (AvgIpc) is 2.78. The summed E-state index contributed by atoms with van der Waals surface area (Å²) in [6.45, 7) is 2.23. The summed E-state index contributed by atoms with van der Waals surface area (Å²) >= 11 is 0. The van der Waals surface area contributed by atoms with E-state index in [1.807, 2.05) is 18.2 Å². The Labute approximate surface area is 102 Å². The maximum Gasteiger partial charge on any atom is 0.234 e. The van der Waals surface area contributed by atoms with Gasteiger partial charge in [-0.2, -0.15) is 0 Å². The van der Waals surface area contributed by atoms with Gasteiger partial charge in [0.15, 0.2) is 0 Å². The van der Waals surface area contributed by atoms with Crippen molar-refractivity contribution in [2.75, 3.05) is 6.54 Å². The zero-order valence-electron chi connectivity index (χ0n) is 9.93. The lowest BCUT2D eigenvalue weighted by Gasteiger charge is -2.22. The Bertz CT molecular complexity index is 405. The van der Waals surface area contributed by atoms with Gasteiger partial charge in [-0.25, -0.2) is 0 Å². The molecule has 1 aliphatic rings. The van der Waals surface area contributed by atoms with Gasteiger partial charge in [0.25, 0.3) is 0 Å². The maximum absolute atomic E-state index is 11.3. The zero-order valence-corrected chi connectivity index (χ0v) is 9.93. The van der Waals surface area contributed by atoms with Gasteiger partial charge in [-0.05, 0) is 30.5 Å². The quantitative estimate of drug-likeness (QED) is 0.799. The maximum atomic E-state index is 11.3. The van der Waals surface area contributed by atoms with Gasteiger partial charge < -0.3 is 11.5 Å². The van der Waals surface area contributed by atoms with E-state index in [1.165, 1.54) is 5.56 Å². The minimum absolute atomic E-state index is 0.110. The van der Waals surface area contributed by atoms with Gasteiger partial charge in [-0.3, -0.25) is 9.69 Å². The van der Waals surface area contributed by atoms with Gasteiger partial charge in [0.05, 0.1) is 6.04 Å². The van der Waals surface area contributed by atoms with Crippen molar-refractivity contribution in [3.63, 3.8) is 0 Å². The normalized spacial score (nSPS) is 20.6. The number of rotatable bonds is 4. The Balaban J connectivity index is 2.12. The first-order valence-corrected chi connectivity index (χ1v) is 6.02. The number of likely N-dealkylation sites (tertiary alicyclic amines) is 1. The van der Waals surface area contributed by atoms with E-state index in [9.17, 15) is 4.79 Å². The van der Waals surface area contributed by atoms with Crippen LogP contribution in [0.1, 0.15) is 24.0 Å². The molecule has 1 unspecified atom stereocenters. The Morgan fingerprint density at radius 3 is 2.71 bits per heavy atom. The van der Waals surface area contributed by atoms with E-state index in [0.29, 0.717) is 6.54 Å². The molecule has 4 N–H and O–H groups in total. The lowest BCUT2D eigenvalue weighted by Crippen LogP contribution is -2.39. The van der Waals surface area contributed by atoms with E-state index >= 15 is 0 Å². The standard InChI is InChI=1S/C13H19N3O/c14-8-10-4-1-2-5-11(10)9-16-7-3-6-12(16)13(15)17/h1-2,4-5,12H,3,6-9,14H2,(H2,15,17). The van der Waals surface area contributed by atoms with Gasteiger partial charge in [0.1, 0.15) is 0 Å². The number of nitrogens with two attached hydrogens (primary N) is 2. The molecule has 1 amide bonds. The van der Waals surface area contributed by atoms with E-state index in [2.05, 4.69) is 11.0 Å². The Kier molecular flexibility index (Phi) is 3.76. The molecule has 2 rings (SSSR count). The molecule has 17 heavy (non-hydrogen) atoms. The molecule has 1 atom stereocenters. The molecule has 1 heterocycles. The first-order valence-electron chi connectivity index (χ1n) is 6.02. The molecular weight excluding hydrogens is 214 g/mol. The van der Waals surface area contributed by atoms with Crippen LogP contribution in [0, 0.1) is 0 Å². The first-order chi connectivity index (χ1) is 8.22. The molecule has 1 aliphatic heterocycles. The summed E-state index contributed by atoms with van der Waals surface area (Å²) in [5.41, 5.74) is 13.5. The minimum Gasteiger partial charge on any atom is -0.368 e. The van der Waals surface area contributed by atoms with Crippen molar-refractivity contribution >= 4 is 5.91 Å². The number of nitrogens with zero attached hydrogens (tertiary/aromatic N) is 1. The second-order valence-electron chi connectivity index (χ2n) is 4.50. The molecule has 1 aromatic rings. The number of hydrogen-bond acceptors (Lipinski definition) is 3. The molecule has 0 saturated carbocycles. The van der Waals surface area contributed by atoms with Crippen molar-refractivity contribution < 1.29 is 4.79 Å². The molecule has 0 aliphatic carbocycles. The van der Waals surface area contributed by atoms with E-state index in [0.717, 1.165) is 31.5 Å². The van der Waals surface area contributed by atoms with Crippen molar-refractivity contribution in [2.24, 2.45) is 11.5 Å². The van der Waals surface area contributed by atoms with Gasteiger partial charge in [-0.15, -0.1) is 0 Å². The minimum atomic E-state index is -0.215. The predicted molar refractivity (Wildman–Crippen MR) is 67.0 cm³/mol. The lowest BCUT2D eigenvalue weighted by atomic mass is 10.1. The molecule has 1 saturated heterocycles. The molecule has 0 bridgehead atoms. The van der Waals surface area contributed by atoms with Crippen LogP contribution >= 0.6 is 0 Å². The third-order valence-corrected chi connectivity index (χ3v) is 3.40. The van der Waals surface area contributed by atoms with Gasteiger partial charge in [-0.1, -0.05) is 24.3 Å². The summed E-state index contributed by atoms with van der Waals surface area (Å²) in [6, 6.07) is 7.98. The van der Waals surface area contributed by atoms with Crippen LogP contribution in [-0.2, 0) is 17.9 Å². The fraction of sp³-hybridized carbons (Fsp3) is 0.462. The molecule has 92 valence electrons. The van der Waals surface area contributed by atoms with Gasteiger partial charge in [0.2, 0.25) is 5.91 Å². The largest absolute Gasteiger partial charge is 0.368 e. The number of carbonyl (C=O) groups is 1. The highest BCUT2D eigenvalue weighted by Gasteiger charge is 2.28. The Morgan fingerprint density at radius 1 is 1.35 bits per heavy atom. The molecular formula is C13H19N3O. The smallest absolute Gasteiger partial charge is 0.234 e. The van der Waals surface area contributed by atoms with Gasteiger partial charge >= 0.3 is 0 Å². The van der Waals surface area contributed by atoms with E-state index in [1.54, 1.807) is 0 Å². The number of hydrogen-bond donors (Lipinski definition) is 2. The molecule has 0 spiro atoms. The predicted octanol–water partition coefficient (Wildman–Crippen LogP) is 0.595. The highest BCUT2D eigenvalue weighted by atomic mass is 16.1. The third-order valence-electron chi connectivity index (χ3n) is 3.40. The van der Waals surface area contributed by atoms with Crippen LogP contribution in [0.25, 0.3) is 0 Å². The Morgan fingerprint density at radius 2 is 2.06 bits per heavy atom. The van der Waals surface area contributed by atoms with E-state index in [4.69, 9.17) is 11.5 Å². The van der Waals surface area contributed by atoms with Crippen LogP contribution in [-0.4, -0.2) is 23.4 Å². The number of carbonyl (C=O) groups excluding carboxylic acids is 1. The topological polar surface area (TPSA) is 72.3 Å². The number of benzene rings is 1. The highest BCUT2D eigenvalue weighted by molar-refractivity contribution is 5.80. The monoisotopic (exact) mass is 233 g/mol. The summed E-state index contributed by atoms with van der Waals surface area (Å²) in [6.07, 6.45) is 1.92. The van der Waals surface area contributed by atoms with Crippen molar-refractivity contribution in [1.82, 2.24) is 4.90 Å². The van der Waals surface area contributed by atoms with Crippen molar-refractivity contribution in [3.05, 3.63) is 35.4 Å². The SMILES string of the molecule is NCc1ccccc1CN1CCCC1C(N)=O. The molecule has 1 fully saturated rings. The fourth-order valence-corrected chi connectivity index (χ4v) is 2.47. The fourth-order valence-electron chi connectivity index (χ4n) is 2.47. The summed E-state index contributed by atoms with van der Waals surface area (Å²) < 4.78 is 0. The summed E-state index contributed by atoms with van der Waals surface area (Å²) in [7, 11) is 0. The second-order valence-corrected chi connectivity index (χ2v) is 4.50. The van der Waals surface area contributed by atoms with Crippen LogP contribution in [0.2, 0.25) is 0 Å². The highest BCUT2D eigenvalue weighted by Crippen LogP contribution is 2.21. The van der Waals surface area contributed by atoms with Crippen LogP contribution in [0.3, 0.4) is 0 Å². The van der Waals surface area contributed by atoms with E-state index in [-0.39, 0.29) is 11.9 Å². The molecule has 0 radical (unpaired) electrons. The summed E-state index contributed by atoms with van der Waals surface area (Å²) in [4.78, 5) is 13.5. The van der Waals surface area contributed by atoms with E-state index < -0.39 is 0 Å². The lowest BCUT2D eigenvalue weighted by molar-refractivity contribution is -0.122. The van der Waals surface area contributed by atoms with Crippen LogP contribution in [0.4, 0.5) is 0 Å². The molecule has 0 aromatic heterocycles. The summed E-state index contributed by atoms with van der Waals surface area (Å²) in [5.74, 6) is -0.215. The van der Waals surface area contributed by atoms with Gasteiger partial charge in [0, 0.05) is 13.1 Å². The molecule has 4 nitrogen and oxygen atoms in total. The summed E-state index contributed by atoms with van der Waals surface area (Å²) in [5, 5.41) is 0. The zero-order chi connectivity index (χ0) is 12.3. The third kappa shape index (κ3) is 2.65. The molecule has 1 aromatic carbocycles. The van der Waals surface area contributed by atoms with Crippen molar-refractivity contribution in [2.45, 2.75) is 32.0 Å².